The molecule has 0 N–H and O–H groups in total. The highest BCUT2D eigenvalue weighted by Gasteiger charge is 2.22. The van der Waals surface area contributed by atoms with Crippen molar-refractivity contribution in [2.45, 2.75) is 0 Å². The van der Waals surface area contributed by atoms with Gasteiger partial charge < -0.3 is 13.6 Å². The van der Waals surface area contributed by atoms with Crippen molar-refractivity contribution >= 4 is 65.6 Å². The van der Waals surface area contributed by atoms with Gasteiger partial charge >= 0.3 is 0 Å². The number of nitrogens with zero attached hydrogens (tertiary/aromatic N) is 5. The number of furan rings is 1. The molecule has 266 valence electrons. The number of hydrogen-bond acceptors (Lipinski definition) is 4. The molecule has 4 aromatic heterocycles. The summed E-state index contributed by atoms with van der Waals surface area (Å²) in [6.45, 7) is 0. The zero-order valence-corrected chi connectivity index (χ0v) is 29.8. The maximum atomic E-state index is 9.56. The minimum atomic E-state index is -0.515. The molecule has 0 atom stereocenters. The van der Waals surface area contributed by atoms with Gasteiger partial charge in [0.25, 0.3) is 0 Å². The quantitative estimate of drug-likeness (QED) is 0.176. The fraction of sp³-hybridized carbons (Fsp3) is 0. The predicted octanol–water partition coefficient (Wildman–Crippen LogP) is 13.0. The van der Waals surface area contributed by atoms with Crippen LogP contribution in [0.15, 0.2) is 192 Å². The van der Waals surface area contributed by atoms with E-state index < -0.39 is 30.2 Å². The highest BCUT2D eigenvalue weighted by Crippen LogP contribution is 2.42. The van der Waals surface area contributed by atoms with E-state index in [1.807, 2.05) is 84.9 Å². The first-order chi connectivity index (χ1) is 32.4. The minimum Gasteiger partial charge on any atom is -0.456 e. The van der Waals surface area contributed by atoms with Gasteiger partial charge in [-0.25, -0.2) is 15.0 Å². The maximum Gasteiger partial charge on any atom is 0.164 e. The highest BCUT2D eigenvalue weighted by atomic mass is 16.3. The standard InChI is InChI=1S/C51H31N5O/c1-4-14-32(15-5-1)49-52-50(33-16-6-2-7-17-33)54-51(53-49)34-24-29-45-42(30-34)39-26-25-36(31-46(39)57-45)56-44-23-13-11-21-38(44)41-28-27-40-37-20-10-12-22-43(37)55(47(40)48(41)56)35-18-8-3-9-19-35/h1-31H/i10D,11D,12D,13D,20D,21D,22D,23D,27D,28D. The summed E-state index contributed by atoms with van der Waals surface area (Å²) >= 11 is 0. The van der Waals surface area contributed by atoms with Crippen LogP contribution in [0.2, 0.25) is 0 Å². The monoisotopic (exact) mass is 739 g/mol. The van der Waals surface area contributed by atoms with Crippen LogP contribution in [0.25, 0.3) is 111 Å². The topological polar surface area (TPSA) is 61.7 Å². The molecule has 12 aromatic rings. The van der Waals surface area contributed by atoms with Crippen LogP contribution >= 0.6 is 0 Å². The summed E-state index contributed by atoms with van der Waals surface area (Å²) in [6, 6.07) is 35.1. The molecule has 6 nitrogen and oxygen atoms in total. The van der Waals surface area contributed by atoms with Crippen LogP contribution < -0.4 is 0 Å². The molecule has 12 rings (SSSR count). The van der Waals surface area contributed by atoms with Crippen molar-refractivity contribution in [2.24, 2.45) is 0 Å². The Bertz CT molecular complexity index is 4040. The summed E-state index contributed by atoms with van der Waals surface area (Å²) in [5.41, 5.74) is 4.85. The Morgan fingerprint density at radius 1 is 0.386 bits per heavy atom. The molecular weight excluding hydrogens is 699 g/mol. The van der Waals surface area contributed by atoms with Crippen LogP contribution in [0, 0.1) is 0 Å². The number of fused-ring (bicyclic) bond motifs is 10. The first-order valence-corrected chi connectivity index (χ1v) is 18.3. The van der Waals surface area contributed by atoms with E-state index in [0.29, 0.717) is 45.6 Å². The molecule has 0 bridgehead atoms. The van der Waals surface area contributed by atoms with E-state index in [4.69, 9.17) is 26.2 Å². The van der Waals surface area contributed by atoms with Gasteiger partial charge in [-0.2, -0.15) is 0 Å². The molecule has 0 radical (unpaired) electrons. The smallest absolute Gasteiger partial charge is 0.164 e. The Hall–Kier alpha value is -7.83. The maximum absolute atomic E-state index is 9.56. The van der Waals surface area contributed by atoms with Crippen molar-refractivity contribution in [3.8, 4) is 45.5 Å². The molecule has 0 aliphatic rings. The van der Waals surface area contributed by atoms with Gasteiger partial charge in [-0.3, -0.25) is 0 Å². The van der Waals surface area contributed by atoms with Crippen molar-refractivity contribution in [3.05, 3.63) is 188 Å². The highest BCUT2D eigenvalue weighted by molar-refractivity contribution is 6.24. The van der Waals surface area contributed by atoms with Gasteiger partial charge in [-0.1, -0.05) is 127 Å². The van der Waals surface area contributed by atoms with Crippen LogP contribution in [0.4, 0.5) is 0 Å². The van der Waals surface area contributed by atoms with Crippen molar-refractivity contribution in [1.82, 2.24) is 24.1 Å². The van der Waals surface area contributed by atoms with Gasteiger partial charge in [0.15, 0.2) is 17.5 Å². The zero-order valence-electron chi connectivity index (χ0n) is 39.8. The minimum absolute atomic E-state index is 0.0160. The molecule has 0 unspecified atom stereocenters. The second kappa shape index (κ2) is 12.3. The molecule has 0 saturated heterocycles. The summed E-state index contributed by atoms with van der Waals surface area (Å²) in [6.07, 6.45) is 0. The fourth-order valence-electron chi connectivity index (χ4n) is 7.89. The molecule has 8 aromatic carbocycles. The van der Waals surface area contributed by atoms with Gasteiger partial charge in [-0.15, -0.1) is 0 Å². The number of aromatic nitrogens is 5. The van der Waals surface area contributed by atoms with E-state index in [1.165, 1.54) is 0 Å². The van der Waals surface area contributed by atoms with Gasteiger partial charge in [-0.05, 0) is 54.5 Å². The van der Waals surface area contributed by atoms with Gasteiger partial charge in [0, 0.05) is 60.8 Å². The van der Waals surface area contributed by atoms with Gasteiger partial charge in [0.1, 0.15) is 11.2 Å². The van der Waals surface area contributed by atoms with E-state index >= 15 is 0 Å². The van der Waals surface area contributed by atoms with Crippen molar-refractivity contribution in [1.29, 1.82) is 0 Å². The third-order valence-corrected chi connectivity index (χ3v) is 10.4. The lowest BCUT2D eigenvalue weighted by Gasteiger charge is -2.12. The summed E-state index contributed by atoms with van der Waals surface area (Å²) in [5.74, 6) is 1.49. The average molecular weight is 740 g/mol. The molecule has 6 heteroatoms. The first-order valence-electron chi connectivity index (χ1n) is 23.3. The Kier molecular flexibility index (Phi) is 5.02. The molecule has 0 fully saturated rings. The molecule has 0 saturated carbocycles. The lowest BCUT2D eigenvalue weighted by atomic mass is 10.1. The van der Waals surface area contributed by atoms with Crippen molar-refractivity contribution in [2.75, 3.05) is 0 Å². The molecular formula is C51H31N5O. The lowest BCUT2D eigenvalue weighted by molar-refractivity contribution is 0.668. The fourth-order valence-corrected chi connectivity index (χ4v) is 7.89. The normalized spacial score (nSPS) is 14.3. The van der Waals surface area contributed by atoms with Crippen molar-refractivity contribution in [3.63, 3.8) is 0 Å². The number of hydrogen-bond donors (Lipinski definition) is 0. The van der Waals surface area contributed by atoms with E-state index in [2.05, 4.69) is 0 Å². The van der Waals surface area contributed by atoms with Crippen molar-refractivity contribution < 1.29 is 18.1 Å². The molecule has 0 aliphatic carbocycles. The SMILES string of the molecule is [2H]c1c([2H])c([2H])c2c(c1[2H])c1c([2H])c([2H])c3c4c([2H])c([2H])c([2H])c([2H])c4n(-c4ccc5c(c4)oc4ccc(-c6nc(-c7ccccc7)nc(-c7ccccc7)n6)cc45)c3c1n2-c1ccccc1. The van der Waals surface area contributed by atoms with E-state index in [0.717, 1.165) is 21.9 Å². The van der Waals surface area contributed by atoms with Gasteiger partial charge in [0.05, 0.1) is 41.5 Å². The lowest BCUT2D eigenvalue weighted by Crippen LogP contribution is -2.00. The van der Waals surface area contributed by atoms with E-state index in [-0.39, 0.29) is 73.8 Å². The van der Waals surface area contributed by atoms with Crippen LogP contribution in [-0.4, -0.2) is 24.1 Å². The molecule has 0 spiro atoms. The Morgan fingerprint density at radius 3 is 1.51 bits per heavy atom. The average Bonchev–Trinajstić information content (AvgIpc) is 4.04. The second-order valence-corrected chi connectivity index (χ2v) is 13.7. The molecule has 57 heavy (non-hydrogen) atoms. The molecule has 0 amide bonds. The van der Waals surface area contributed by atoms with E-state index in [9.17, 15) is 6.85 Å². The summed E-state index contributed by atoms with van der Waals surface area (Å²) < 4.78 is 101. The number of para-hydroxylation sites is 3. The Morgan fingerprint density at radius 2 is 0.912 bits per heavy atom. The summed E-state index contributed by atoms with van der Waals surface area (Å²) in [5, 5.41) is 1.67. The van der Waals surface area contributed by atoms with Crippen LogP contribution in [0.1, 0.15) is 13.7 Å². The largest absolute Gasteiger partial charge is 0.456 e. The predicted molar refractivity (Wildman–Crippen MR) is 232 cm³/mol. The number of benzene rings is 8. The Labute approximate surface area is 340 Å². The third kappa shape index (κ3) is 4.87. The van der Waals surface area contributed by atoms with Crippen LogP contribution in [0.5, 0.6) is 0 Å². The summed E-state index contributed by atoms with van der Waals surface area (Å²) in [7, 11) is 0. The van der Waals surface area contributed by atoms with Gasteiger partial charge in [0.2, 0.25) is 0 Å². The second-order valence-electron chi connectivity index (χ2n) is 13.7. The van der Waals surface area contributed by atoms with Crippen LogP contribution in [0.3, 0.4) is 0 Å². The first kappa shape index (κ1) is 23.2. The molecule has 0 aliphatic heterocycles. The van der Waals surface area contributed by atoms with E-state index in [1.54, 1.807) is 51.6 Å². The number of rotatable bonds is 5. The molecule has 4 heterocycles. The Balaban J connectivity index is 1.16. The summed E-state index contributed by atoms with van der Waals surface area (Å²) in [4.78, 5) is 14.7. The zero-order chi connectivity index (χ0) is 46.2. The third-order valence-electron chi connectivity index (χ3n) is 10.4. The van der Waals surface area contributed by atoms with Crippen LogP contribution in [-0.2, 0) is 0 Å².